The van der Waals surface area contributed by atoms with E-state index in [9.17, 15) is 9.90 Å². The number of rotatable bonds is 11. The fourth-order valence-electron chi connectivity index (χ4n) is 3.29. The van der Waals surface area contributed by atoms with E-state index < -0.39 is 12.7 Å². The van der Waals surface area contributed by atoms with Gasteiger partial charge in [0.25, 0.3) is 0 Å². The topological polar surface area (TPSA) is 120 Å². The van der Waals surface area contributed by atoms with Crippen molar-refractivity contribution in [2.45, 2.75) is 31.8 Å². The lowest BCUT2D eigenvalue weighted by molar-refractivity contribution is 0.207. The molecule has 1 heterocycles. The first-order valence-corrected chi connectivity index (χ1v) is 11.6. The zero-order chi connectivity index (χ0) is 24.5. The summed E-state index contributed by atoms with van der Waals surface area (Å²) in [6.07, 6.45) is -1.01. The monoisotopic (exact) mass is 484 g/mol. The van der Waals surface area contributed by atoms with Gasteiger partial charge in [-0.05, 0) is 41.1 Å². The average Bonchev–Trinajstić information content (AvgIpc) is 2.85. The number of carbonyl (C=O) groups excluding carboxylic acids is 1. The quantitative estimate of drug-likeness (QED) is 0.309. The van der Waals surface area contributed by atoms with Crippen LogP contribution in [0.3, 0.4) is 0 Å². The van der Waals surface area contributed by atoms with Crippen LogP contribution < -0.4 is 24.8 Å². The lowest BCUT2D eigenvalue weighted by Gasteiger charge is -2.27. The molecule has 1 amide bonds. The van der Waals surface area contributed by atoms with Crippen molar-refractivity contribution in [1.29, 1.82) is 0 Å². The van der Waals surface area contributed by atoms with Crippen molar-refractivity contribution in [3.8, 4) is 17.2 Å². The van der Waals surface area contributed by atoms with Crippen molar-refractivity contribution < 1.29 is 24.1 Å². The molecule has 180 valence electrons. The maximum atomic E-state index is 11.7. The van der Waals surface area contributed by atoms with E-state index in [1.807, 2.05) is 60.4 Å². The summed E-state index contributed by atoms with van der Waals surface area (Å²) in [6.45, 7) is 2.41. The van der Waals surface area contributed by atoms with Crippen molar-refractivity contribution in [2.24, 2.45) is 5.73 Å². The molecular weight excluding hydrogens is 456 g/mol. The Bertz CT molecular complexity index is 1040. The molecule has 0 saturated carbocycles. The van der Waals surface area contributed by atoms with Crippen LogP contribution in [0, 0.1) is 0 Å². The lowest BCUT2D eigenvalue weighted by Crippen LogP contribution is -2.27. The van der Waals surface area contributed by atoms with Crippen molar-refractivity contribution in [3.63, 3.8) is 0 Å². The van der Waals surface area contributed by atoms with Gasteiger partial charge in [-0.3, -0.25) is 0 Å². The molecule has 0 aliphatic carbocycles. The number of anilines is 1. The lowest BCUT2D eigenvalue weighted by atomic mass is 10.1. The van der Waals surface area contributed by atoms with Crippen LogP contribution in [0.4, 0.5) is 10.6 Å². The number of hydrogen-bond acceptors (Lipinski definition) is 9. The Morgan fingerprint density at radius 1 is 0.971 bits per heavy atom. The molecule has 10 heteroatoms. The number of methoxy groups -OCH3 is 2. The maximum Gasteiger partial charge on any atom is 0.410 e. The first kappa shape index (κ1) is 25.1. The molecule has 0 spiro atoms. The largest absolute Gasteiger partial charge is 0.497 e. The summed E-state index contributed by atoms with van der Waals surface area (Å²) >= 11 is 1.42. The van der Waals surface area contributed by atoms with Gasteiger partial charge in [-0.1, -0.05) is 43.0 Å². The minimum Gasteiger partial charge on any atom is -0.497 e. The van der Waals surface area contributed by atoms with E-state index >= 15 is 0 Å². The zero-order valence-corrected chi connectivity index (χ0v) is 20.2. The number of aliphatic hydroxyl groups is 1. The van der Waals surface area contributed by atoms with Crippen LogP contribution in [0.1, 0.15) is 23.7 Å². The van der Waals surface area contributed by atoms with Crippen LogP contribution >= 0.6 is 11.8 Å². The van der Waals surface area contributed by atoms with Gasteiger partial charge in [0.05, 0.1) is 20.8 Å². The minimum absolute atomic E-state index is 0.0393. The van der Waals surface area contributed by atoms with Crippen LogP contribution in [0.15, 0.2) is 53.7 Å². The van der Waals surface area contributed by atoms with E-state index in [0.29, 0.717) is 24.1 Å². The average molecular weight is 485 g/mol. The van der Waals surface area contributed by atoms with Crippen molar-refractivity contribution in [1.82, 2.24) is 9.97 Å². The molecule has 0 radical (unpaired) electrons. The molecule has 0 saturated heterocycles. The third kappa shape index (κ3) is 6.52. The van der Waals surface area contributed by atoms with Crippen LogP contribution in [0.2, 0.25) is 0 Å². The van der Waals surface area contributed by atoms with E-state index in [1.54, 1.807) is 14.2 Å². The number of nitrogens with two attached hydrogens (primary N) is 1. The molecule has 9 nitrogen and oxygen atoms in total. The Labute approximate surface area is 202 Å². The van der Waals surface area contributed by atoms with Crippen LogP contribution in [0.25, 0.3) is 0 Å². The predicted molar refractivity (Wildman–Crippen MR) is 130 cm³/mol. The second-order valence-corrected chi connectivity index (χ2v) is 8.40. The molecule has 2 aromatic carbocycles. The van der Waals surface area contributed by atoms with E-state index in [-0.39, 0.29) is 11.4 Å². The van der Waals surface area contributed by atoms with Crippen LogP contribution in [0.5, 0.6) is 17.2 Å². The molecule has 3 rings (SSSR count). The molecule has 1 aromatic heterocycles. The number of thioether (sulfide) groups is 1. The number of aromatic nitrogens is 2. The molecule has 34 heavy (non-hydrogen) atoms. The number of carbonyl (C=O) groups is 1. The Morgan fingerprint density at radius 2 is 1.50 bits per heavy atom. The minimum atomic E-state index is -1.01. The van der Waals surface area contributed by atoms with E-state index in [1.165, 1.54) is 11.8 Å². The van der Waals surface area contributed by atoms with Crippen LogP contribution in [-0.2, 0) is 19.7 Å². The molecule has 0 aliphatic rings. The first-order valence-electron chi connectivity index (χ1n) is 10.6. The molecule has 3 aromatic rings. The van der Waals surface area contributed by atoms with Crippen molar-refractivity contribution >= 4 is 23.7 Å². The molecule has 0 aliphatic heterocycles. The van der Waals surface area contributed by atoms with Gasteiger partial charge in [0.2, 0.25) is 0 Å². The molecule has 0 fully saturated rings. The van der Waals surface area contributed by atoms with Crippen molar-refractivity contribution in [3.05, 3.63) is 65.4 Å². The third-order valence-corrected chi connectivity index (χ3v) is 5.62. The van der Waals surface area contributed by atoms with Crippen molar-refractivity contribution in [2.75, 3.05) is 24.9 Å². The van der Waals surface area contributed by atoms with E-state index in [2.05, 4.69) is 9.97 Å². The standard InChI is InChI=1S/C24H28N4O5S/c1-4-34-24-26-20(15-29)21(33-23(25)30)22(27-24)28(13-16-5-9-18(31-2)10-6-16)14-17-7-11-19(32-3)12-8-17/h5-12,29H,4,13-15H2,1-3H3,(H2,25,30). The highest BCUT2D eigenvalue weighted by atomic mass is 32.2. The number of amides is 1. The number of hydrogen-bond donors (Lipinski definition) is 2. The van der Waals surface area contributed by atoms with Gasteiger partial charge in [0.1, 0.15) is 17.2 Å². The molecule has 3 N–H and O–H groups in total. The smallest absolute Gasteiger partial charge is 0.410 e. The summed E-state index contributed by atoms with van der Waals surface area (Å²) in [5, 5.41) is 10.4. The van der Waals surface area contributed by atoms with E-state index in [0.717, 1.165) is 28.4 Å². The number of primary amides is 1. The van der Waals surface area contributed by atoms with Crippen LogP contribution in [-0.4, -0.2) is 41.1 Å². The third-order valence-electron chi connectivity index (χ3n) is 4.89. The fraction of sp³-hybridized carbons (Fsp3) is 0.292. The van der Waals surface area contributed by atoms with E-state index in [4.69, 9.17) is 19.9 Å². The Hall–Kier alpha value is -3.50. The summed E-state index contributed by atoms with van der Waals surface area (Å²) in [5.74, 6) is 2.62. The highest BCUT2D eigenvalue weighted by Gasteiger charge is 2.23. The summed E-state index contributed by atoms with van der Waals surface area (Å²) in [4.78, 5) is 22.7. The summed E-state index contributed by atoms with van der Waals surface area (Å²) in [6, 6.07) is 15.3. The fourth-order valence-corrected chi connectivity index (χ4v) is 3.87. The Kier molecular flexibility index (Phi) is 8.94. The Morgan fingerprint density at radius 3 is 1.91 bits per heavy atom. The summed E-state index contributed by atoms with van der Waals surface area (Å²) in [7, 11) is 3.23. The van der Waals surface area contributed by atoms with Gasteiger partial charge >= 0.3 is 6.09 Å². The maximum absolute atomic E-state index is 11.7. The van der Waals surface area contributed by atoms with Gasteiger partial charge in [-0.25, -0.2) is 14.8 Å². The summed E-state index contributed by atoms with van der Waals surface area (Å²) in [5.41, 5.74) is 7.48. The zero-order valence-electron chi connectivity index (χ0n) is 19.4. The van der Waals surface area contributed by atoms with Gasteiger partial charge in [-0.15, -0.1) is 0 Å². The number of aliphatic hydroxyl groups excluding tert-OH is 1. The summed E-state index contributed by atoms with van der Waals surface area (Å²) < 4.78 is 15.8. The molecule has 0 unspecified atom stereocenters. The number of ether oxygens (including phenoxy) is 3. The van der Waals surface area contributed by atoms with Gasteiger partial charge < -0.3 is 30.0 Å². The van der Waals surface area contributed by atoms with Gasteiger partial charge in [0, 0.05) is 13.1 Å². The normalized spacial score (nSPS) is 10.6. The molecule has 0 bridgehead atoms. The first-order chi connectivity index (χ1) is 16.5. The second kappa shape index (κ2) is 12.1. The molecule has 0 atom stereocenters. The Balaban J connectivity index is 2.09. The number of nitrogens with zero attached hydrogens (tertiary/aromatic N) is 3. The molecular formula is C24H28N4O5S. The second-order valence-electron chi connectivity index (χ2n) is 7.17. The SMILES string of the molecule is CCSc1nc(CO)c(OC(N)=O)c(N(Cc2ccc(OC)cc2)Cc2ccc(OC)cc2)n1. The highest BCUT2D eigenvalue weighted by molar-refractivity contribution is 7.99. The van der Waals surface area contributed by atoms with Gasteiger partial charge in [-0.2, -0.15) is 0 Å². The van der Waals surface area contributed by atoms with Gasteiger partial charge in [0.15, 0.2) is 16.7 Å². The highest BCUT2D eigenvalue weighted by Crippen LogP contribution is 2.34. The predicted octanol–water partition coefficient (Wildman–Crippen LogP) is 3.76. The number of benzene rings is 2.